The summed E-state index contributed by atoms with van der Waals surface area (Å²) in [7, 11) is 3.03. The molecular formula is C19H19N3O4. The standard InChI is InChI=1S/C19H19N3O4/c1-20-16(18(24)26-2)11-12-7-9-13(10-8-12)22-17(23)14-5-3-4-6-15(14)21-19(22)25/h3-10,16,20H,11H2,1-2H3,(H,21,25). The van der Waals surface area contributed by atoms with Gasteiger partial charge in [-0.1, -0.05) is 24.3 Å². The molecule has 1 heterocycles. The largest absolute Gasteiger partial charge is 0.468 e. The molecule has 0 amide bonds. The van der Waals surface area contributed by atoms with Crippen LogP contribution < -0.4 is 16.6 Å². The number of ether oxygens (including phenoxy) is 1. The fraction of sp³-hybridized carbons (Fsp3) is 0.211. The number of hydrogen-bond acceptors (Lipinski definition) is 5. The number of methoxy groups -OCH3 is 1. The van der Waals surface area contributed by atoms with Crippen molar-refractivity contribution in [3.8, 4) is 5.69 Å². The maximum absolute atomic E-state index is 12.7. The Morgan fingerprint density at radius 2 is 1.85 bits per heavy atom. The van der Waals surface area contributed by atoms with Gasteiger partial charge in [-0.15, -0.1) is 0 Å². The zero-order valence-electron chi connectivity index (χ0n) is 14.5. The van der Waals surface area contributed by atoms with Crippen LogP contribution >= 0.6 is 0 Å². The highest BCUT2D eigenvalue weighted by Crippen LogP contribution is 2.11. The zero-order chi connectivity index (χ0) is 18.7. The van der Waals surface area contributed by atoms with Crippen molar-refractivity contribution in [2.75, 3.05) is 14.2 Å². The normalized spacial score (nSPS) is 12.1. The first kappa shape index (κ1) is 17.6. The van der Waals surface area contributed by atoms with E-state index in [0.29, 0.717) is 23.0 Å². The summed E-state index contributed by atoms with van der Waals surface area (Å²) in [5.41, 5.74) is 0.975. The van der Waals surface area contributed by atoms with E-state index in [0.717, 1.165) is 10.1 Å². The van der Waals surface area contributed by atoms with Crippen LogP contribution in [0.4, 0.5) is 0 Å². The highest BCUT2D eigenvalue weighted by molar-refractivity contribution is 5.77. The van der Waals surface area contributed by atoms with Crippen LogP contribution in [0.15, 0.2) is 58.1 Å². The maximum Gasteiger partial charge on any atom is 0.333 e. The third kappa shape index (κ3) is 3.29. The average Bonchev–Trinajstić information content (AvgIpc) is 2.66. The van der Waals surface area contributed by atoms with Crippen LogP contribution in [0.25, 0.3) is 16.6 Å². The lowest BCUT2D eigenvalue weighted by Gasteiger charge is -2.14. The summed E-state index contributed by atoms with van der Waals surface area (Å²) in [4.78, 5) is 39.4. The minimum atomic E-state index is -0.496. The molecule has 0 aliphatic carbocycles. The Bertz CT molecular complexity index is 1050. The van der Waals surface area contributed by atoms with Crippen molar-refractivity contribution in [2.24, 2.45) is 0 Å². The van der Waals surface area contributed by atoms with E-state index in [2.05, 4.69) is 10.3 Å². The molecule has 1 atom stereocenters. The first-order valence-corrected chi connectivity index (χ1v) is 8.13. The van der Waals surface area contributed by atoms with Crippen molar-refractivity contribution >= 4 is 16.9 Å². The van der Waals surface area contributed by atoms with E-state index in [1.807, 2.05) is 0 Å². The van der Waals surface area contributed by atoms with Crippen LogP contribution in [0, 0.1) is 0 Å². The first-order valence-electron chi connectivity index (χ1n) is 8.13. The van der Waals surface area contributed by atoms with E-state index in [9.17, 15) is 14.4 Å². The predicted octanol–water partition coefficient (Wildman–Crippen LogP) is 0.982. The smallest absolute Gasteiger partial charge is 0.333 e. The number of hydrogen-bond donors (Lipinski definition) is 2. The second-order valence-electron chi connectivity index (χ2n) is 5.85. The molecule has 3 aromatic rings. The first-order chi connectivity index (χ1) is 12.5. The predicted molar refractivity (Wildman–Crippen MR) is 98.7 cm³/mol. The summed E-state index contributed by atoms with van der Waals surface area (Å²) in [5.74, 6) is -0.348. The van der Waals surface area contributed by atoms with E-state index in [1.165, 1.54) is 7.11 Å². The molecule has 1 unspecified atom stereocenters. The summed E-state index contributed by atoms with van der Waals surface area (Å²) in [6.07, 6.45) is 0.437. The number of carbonyl (C=O) groups is 1. The van der Waals surface area contributed by atoms with Gasteiger partial charge >= 0.3 is 11.7 Å². The summed E-state index contributed by atoms with van der Waals surface area (Å²) in [6.45, 7) is 0. The maximum atomic E-state index is 12.7. The van der Waals surface area contributed by atoms with Gasteiger partial charge in [-0.2, -0.15) is 0 Å². The Morgan fingerprint density at radius 3 is 2.50 bits per heavy atom. The lowest BCUT2D eigenvalue weighted by Crippen LogP contribution is -2.37. The number of aromatic amines is 1. The molecule has 2 aromatic carbocycles. The van der Waals surface area contributed by atoms with Gasteiger partial charge in [0.1, 0.15) is 6.04 Å². The number of nitrogens with one attached hydrogen (secondary N) is 2. The molecule has 0 bridgehead atoms. The van der Waals surface area contributed by atoms with E-state index in [1.54, 1.807) is 55.6 Å². The van der Waals surface area contributed by atoms with Crippen molar-refractivity contribution in [1.82, 2.24) is 14.9 Å². The van der Waals surface area contributed by atoms with Crippen molar-refractivity contribution < 1.29 is 9.53 Å². The van der Waals surface area contributed by atoms with Crippen LogP contribution in [-0.4, -0.2) is 35.7 Å². The number of esters is 1. The summed E-state index contributed by atoms with van der Waals surface area (Å²) in [5, 5.41) is 3.34. The van der Waals surface area contributed by atoms with Gasteiger partial charge in [0.2, 0.25) is 0 Å². The molecule has 134 valence electrons. The Balaban J connectivity index is 1.97. The molecule has 0 radical (unpaired) electrons. The highest BCUT2D eigenvalue weighted by Gasteiger charge is 2.17. The third-order valence-corrected chi connectivity index (χ3v) is 4.27. The minimum Gasteiger partial charge on any atom is -0.468 e. The molecule has 3 rings (SSSR count). The van der Waals surface area contributed by atoms with E-state index < -0.39 is 11.7 Å². The number of fused-ring (bicyclic) bond motifs is 1. The molecular weight excluding hydrogens is 334 g/mol. The van der Waals surface area contributed by atoms with Gasteiger partial charge in [0.05, 0.1) is 23.7 Å². The molecule has 0 fully saturated rings. The number of aromatic nitrogens is 2. The SMILES string of the molecule is CNC(Cc1ccc(-n2c(=O)[nH]c3ccccc3c2=O)cc1)C(=O)OC. The van der Waals surface area contributed by atoms with Gasteiger partial charge in [-0.3, -0.25) is 9.59 Å². The quantitative estimate of drug-likeness (QED) is 0.667. The van der Waals surface area contributed by atoms with Gasteiger partial charge in [0, 0.05) is 0 Å². The van der Waals surface area contributed by atoms with Crippen LogP contribution in [0.2, 0.25) is 0 Å². The van der Waals surface area contributed by atoms with Gasteiger partial charge in [-0.25, -0.2) is 9.36 Å². The highest BCUT2D eigenvalue weighted by atomic mass is 16.5. The molecule has 0 aliphatic heterocycles. The Labute approximate surface area is 149 Å². The summed E-state index contributed by atoms with van der Waals surface area (Å²) in [6, 6.07) is 13.3. The molecule has 0 aliphatic rings. The fourth-order valence-electron chi connectivity index (χ4n) is 2.86. The Kier molecular flexibility index (Phi) is 4.99. The van der Waals surface area contributed by atoms with Gasteiger partial charge in [0.25, 0.3) is 5.56 Å². The van der Waals surface area contributed by atoms with E-state index in [4.69, 9.17) is 4.74 Å². The molecule has 0 saturated carbocycles. The molecule has 7 heteroatoms. The molecule has 0 saturated heterocycles. The average molecular weight is 353 g/mol. The van der Waals surface area contributed by atoms with Crippen LogP contribution in [-0.2, 0) is 16.0 Å². The third-order valence-electron chi connectivity index (χ3n) is 4.27. The number of para-hydroxylation sites is 1. The van der Waals surface area contributed by atoms with Gasteiger partial charge < -0.3 is 15.0 Å². The molecule has 7 nitrogen and oxygen atoms in total. The van der Waals surface area contributed by atoms with E-state index in [-0.39, 0.29) is 11.5 Å². The van der Waals surface area contributed by atoms with Crippen molar-refractivity contribution in [2.45, 2.75) is 12.5 Å². The van der Waals surface area contributed by atoms with Crippen LogP contribution in [0.1, 0.15) is 5.56 Å². The number of rotatable bonds is 5. The lowest BCUT2D eigenvalue weighted by molar-refractivity contribution is -0.142. The topological polar surface area (TPSA) is 93.2 Å². The number of H-pyrrole nitrogens is 1. The molecule has 1 aromatic heterocycles. The fourth-order valence-corrected chi connectivity index (χ4v) is 2.86. The van der Waals surface area contributed by atoms with Crippen molar-refractivity contribution in [3.63, 3.8) is 0 Å². The number of nitrogens with zero attached hydrogens (tertiary/aromatic N) is 1. The Hall–Kier alpha value is -3.19. The summed E-state index contributed by atoms with van der Waals surface area (Å²) >= 11 is 0. The lowest BCUT2D eigenvalue weighted by atomic mass is 10.1. The second kappa shape index (κ2) is 7.37. The molecule has 26 heavy (non-hydrogen) atoms. The van der Waals surface area contributed by atoms with Gasteiger partial charge in [0.15, 0.2) is 0 Å². The number of likely N-dealkylation sites (N-methyl/N-ethyl adjacent to an activating group) is 1. The van der Waals surface area contributed by atoms with Crippen molar-refractivity contribution in [3.05, 3.63) is 74.9 Å². The number of carbonyl (C=O) groups excluding carboxylic acids is 1. The second-order valence-corrected chi connectivity index (χ2v) is 5.85. The Morgan fingerprint density at radius 1 is 1.15 bits per heavy atom. The monoisotopic (exact) mass is 353 g/mol. The summed E-state index contributed by atoms with van der Waals surface area (Å²) < 4.78 is 5.85. The van der Waals surface area contributed by atoms with Gasteiger partial charge in [-0.05, 0) is 43.3 Å². The van der Waals surface area contributed by atoms with Crippen molar-refractivity contribution in [1.29, 1.82) is 0 Å². The molecule has 2 N–H and O–H groups in total. The van der Waals surface area contributed by atoms with E-state index >= 15 is 0 Å². The van der Waals surface area contributed by atoms with Crippen LogP contribution in [0.5, 0.6) is 0 Å². The number of benzene rings is 2. The molecule has 0 spiro atoms. The minimum absolute atomic E-state index is 0.348. The van der Waals surface area contributed by atoms with Crippen LogP contribution in [0.3, 0.4) is 0 Å². The zero-order valence-corrected chi connectivity index (χ0v) is 14.5.